The SMILES string of the molecule is CC/C=C/C(=O)Nc1ncc(Cl)s1. The van der Waals surface area contributed by atoms with Gasteiger partial charge in [-0.2, -0.15) is 0 Å². The van der Waals surface area contributed by atoms with Gasteiger partial charge in [0.25, 0.3) is 0 Å². The number of anilines is 1. The van der Waals surface area contributed by atoms with Gasteiger partial charge in [-0.25, -0.2) is 4.98 Å². The Morgan fingerprint density at radius 2 is 2.62 bits per heavy atom. The number of rotatable bonds is 3. The molecule has 0 fully saturated rings. The zero-order valence-electron chi connectivity index (χ0n) is 7.08. The number of thiazole rings is 1. The minimum absolute atomic E-state index is 0.173. The summed E-state index contributed by atoms with van der Waals surface area (Å²) >= 11 is 6.87. The third-order valence-electron chi connectivity index (χ3n) is 1.21. The molecule has 0 saturated carbocycles. The van der Waals surface area contributed by atoms with Crippen molar-refractivity contribution < 1.29 is 4.79 Å². The molecule has 0 aliphatic rings. The molecule has 0 aliphatic carbocycles. The van der Waals surface area contributed by atoms with Crippen LogP contribution in [0.5, 0.6) is 0 Å². The Labute approximate surface area is 85.4 Å². The molecule has 70 valence electrons. The van der Waals surface area contributed by atoms with E-state index in [9.17, 15) is 4.79 Å². The molecule has 1 N–H and O–H groups in total. The third-order valence-corrected chi connectivity index (χ3v) is 2.24. The van der Waals surface area contributed by atoms with Gasteiger partial charge >= 0.3 is 0 Å². The van der Waals surface area contributed by atoms with E-state index in [0.29, 0.717) is 9.47 Å². The first kappa shape index (κ1) is 10.2. The van der Waals surface area contributed by atoms with Crippen molar-refractivity contribution in [1.29, 1.82) is 0 Å². The number of hydrogen-bond donors (Lipinski definition) is 1. The number of aromatic nitrogens is 1. The second kappa shape index (κ2) is 4.99. The zero-order chi connectivity index (χ0) is 9.68. The Balaban J connectivity index is 2.50. The Morgan fingerprint density at radius 3 is 3.15 bits per heavy atom. The van der Waals surface area contributed by atoms with Crippen LogP contribution in [0.15, 0.2) is 18.3 Å². The zero-order valence-corrected chi connectivity index (χ0v) is 8.65. The smallest absolute Gasteiger partial charge is 0.249 e. The molecule has 0 atom stereocenters. The van der Waals surface area contributed by atoms with E-state index in [4.69, 9.17) is 11.6 Å². The van der Waals surface area contributed by atoms with Gasteiger partial charge in [-0.05, 0) is 12.5 Å². The van der Waals surface area contributed by atoms with E-state index in [1.807, 2.05) is 6.92 Å². The van der Waals surface area contributed by atoms with E-state index >= 15 is 0 Å². The van der Waals surface area contributed by atoms with Crippen molar-refractivity contribution >= 4 is 34.0 Å². The van der Waals surface area contributed by atoms with Crippen LogP contribution < -0.4 is 5.32 Å². The lowest BCUT2D eigenvalue weighted by atomic mass is 10.4. The maximum atomic E-state index is 11.1. The summed E-state index contributed by atoms with van der Waals surface area (Å²) in [6.07, 6.45) is 5.61. The van der Waals surface area contributed by atoms with Crippen LogP contribution in [0.25, 0.3) is 0 Å². The van der Waals surface area contributed by atoms with Gasteiger partial charge in [-0.1, -0.05) is 35.9 Å². The lowest BCUT2D eigenvalue weighted by Crippen LogP contribution is -2.06. The van der Waals surface area contributed by atoms with Crippen LogP contribution >= 0.6 is 22.9 Å². The second-order valence-electron chi connectivity index (χ2n) is 2.27. The average molecular weight is 217 g/mol. The fourth-order valence-electron chi connectivity index (χ4n) is 0.684. The van der Waals surface area contributed by atoms with Crippen molar-refractivity contribution in [3.05, 3.63) is 22.7 Å². The summed E-state index contributed by atoms with van der Waals surface area (Å²) in [7, 11) is 0. The molecule has 3 nitrogen and oxygen atoms in total. The number of carbonyl (C=O) groups excluding carboxylic acids is 1. The van der Waals surface area contributed by atoms with Crippen molar-refractivity contribution in [2.45, 2.75) is 13.3 Å². The van der Waals surface area contributed by atoms with E-state index in [1.165, 1.54) is 23.6 Å². The van der Waals surface area contributed by atoms with E-state index in [2.05, 4.69) is 10.3 Å². The van der Waals surface area contributed by atoms with Crippen LogP contribution in [0.4, 0.5) is 5.13 Å². The van der Waals surface area contributed by atoms with Crippen molar-refractivity contribution in [2.24, 2.45) is 0 Å². The normalized spacial score (nSPS) is 10.6. The lowest BCUT2D eigenvalue weighted by Gasteiger charge is -1.93. The number of allylic oxidation sites excluding steroid dienone is 1. The first-order chi connectivity index (χ1) is 6.22. The summed E-state index contributed by atoms with van der Waals surface area (Å²) in [4.78, 5) is 15.0. The van der Waals surface area contributed by atoms with Gasteiger partial charge in [0.15, 0.2) is 5.13 Å². The molecule has 0 saturated heterocycles. The van der Waals surface area contributed by atoms with Gasteiger partial charge in [0, 0.05) is 0 Å². The number of nitrogens with zero attached hydrogens (tertiary/aromatic N) is 1. The largest absolute Gasteiger partial charge is 0.298 e. The molecule has 0 aliphatic heterocycles. The van der Waals surface area contributed by atoms with E-state index in [0.717, 1.165) is 6.42 Å². The van der Waals surface area contributed by atoms with Crippen LogP contribution in [0.3, 0.4) is 0 Å². The number of amides is 1. The lowest BCUT2D eigenvalue weighted by molar-refractivity contribution is -0.111. The predicted molar refractivity (Wildman–Crippen MR) is 55.2 cm³/mol. The highest BCUT2D eigenvalue weighted by molar-refractivity contribution is 7.19. The molecule has 0 bridgehead atoms. The van der Waals surface area contributed by atoms with Crippen LogP contribution in [0.2, 0.25) is 4.34 Å². The molecule has 0 spiro atoms. The average Bonchev–Trinajstić information content (AvgIpc) is 2.48. The topological polar surface area (TPSA) is 42.0 Å². The standard InChI is InChI=1S/C8H9ClN2OS/c1-2-3-4-7(12)11-8-10-5-6(9)13-8/h3-5H,2H2,1H3,(H,10,11,12)/b4-3+. The molecule has 1 aromatic heterocycles. The van der Waals surface area contributed by atoms with Crippen molar-refractivity contribution in [3.63, 3.8) is 0 Å². The highest BCUT2D eigenvalue weighted by atomic mass is 35.5. The molecule has 1 amide bonds. The summed E-state index contributed by atoms with van der Waals surface area (Å²) < 4.78 is 0.565. The molecule has 1 aromatic rings. The van der Waals surface area contributed by atoms with Gasteiger partial charge in [0.2, 0.25) is 5.91 Å². The molecule has 0 aromatic carbocycles. The molecule has 13 heavy (non-hydrogen) atoms. The summed E-state index contributed by atoms with van der Waals surface area (Å²) in [5.74, 6) is -0.173. The predicted octanol–water partition coefficient (Wildman–Crippen LogP) is 2.70. The maximum absolute atomic E-state index is 11.1. The first-order valence-electron chi connectivity index (χ1n) is 3.81. The van der Waals surface area contributed by atoms with Crippen molar-refractivity contribution in [1.82, 2.24) is 4.98 Å². The van der Waals surface area contributed by atoms with Crippen LogP contribution in [-0.2, 0) is 4.79 Å². The second-order valence-corrected chi connectivity index (χ2v) is 3.93. The monoisotopic (exact) mass is 216 g/mol. The first-order valence-corrected chi connectivity index (χ1v) is 5.00. The molecule has 0 unspecified atom stereocenters. The van der Waals surface area contributed by atoms with E-state index in [-0.39, 0.29) is 5.91 Å². The van der Waals surface area contributed by atoms with Gasteiger partial charge in [0.05, 0.1) is 6.20 Å². The summed E-state index contributed by atoms with van der Waals surface area (Å²) in [5, 5.41) is 3.12. The number of nitrogens with one attached hydrogen (secondary N) is 1. The number of carbonyl (C=O) groups is 1. The Bertz CT molecular complexity index is 322. The van der Waals surface area contributed by atoms with Crippen molar-refractivity contribution in [2.75, 3.05) is 5.32 Å². The Kier molecular flexibility index (Phi) is 3.92. The quantitative estimate of drug-likeness (QED) is 0.790. The molecular weight excluding hydrogens is 208 g/mol. The highest BCUT2D eigenvalue weighted by Gasteiger charge is 2.01. The van der Waals surface area contributed by atoms with Gasteiger partial charge in [-0.15, -0.1) is 0 Å². The minimum atomic E-state index is -0.173. The number of halogens is 1. The van der Waals surface area contributed by atoms with Crippen LogP contribution in [0.1, 0.15) is 13.3 Å². The van der Waals surface area contributed by atoms with Gasteiger partial charge in [-0.3, -0.25) is 10.1 Å². The van der Waals surface area contributed by atoms with E-state index < -0.39 is 0 Å². The molecule has 1 rings (SSSR count). The van der Waals surface area contributed by atoms with Crippen LogP contribution in [0, 0.1) is 0 Å². The third kappa shape index (κ3) is 3.57. The summed E-state index contributed by atoms with van der Waals surface area (Å²) in [6.45, 7) is 1.96. The van der Waals surface area contributed by atoms with E-state index in [1.54, 1.807) is 6.08 Å². The fraction of sp³-hybridized carbons (Fsp3) is 0.250. The summed E-state index contributed by atoms with van der Waals surface area (Å²) in [5.41, 5.74) is 0. The summed E-state index contributed by atoms with van der Waals surface area (Å²) in [6, 6.07) is 0. The van der Waals surface area contributed by atoms with Gasteiger partial charge < -0.3 is 0 Å². The van der Waals surface area contributed by atoms with Crippen LogP contribution in [-0.4, -0.2) is 10.9 Å². The van der Waals surface area contributed by atoms with Gasteiger partial charge in [0.1, 0.15) is 4.34 Å². The fourth-order valence-corrected chi connectivity index (χ4v) is 1.50. The van der Waals surface area contributed by atoms with Crippen molar-refractivity contribution in [3.8, 4) is 0 Å². The Morgan fingerprint density at radius 1 is 1.85 bits per heavy atom. The molecule has 1 heterocycles. The maximum Gasteiger partial charge on any atom is 0.249 e. The molecular formula is C8H9ClN2OS. The Hall–Kier alpha value is -0.870. The number of hydrogen-bond acceptors (Lipinski definition) is 3. The highest BCUT2D eigenvalue weighted by Crippen LogP contribution is 2.22. The molecule has 0 radical (unpaired) electrons. The minimum Gasteiger partial charge on any atom is -0.298 e. The molecule has 5 heteroatoms.